The number of benzene rings is 1. The summed E-state index contributed by atoms with van der Waals surface area (Å²) in [6.45, 7) is 1.33. The Kier molecular flexibility index (Phi) is 5.40. The zero-order valence-corrected chi connectivity index (χ0v) is 15.1. The maximum atomic E-state index is 12.3. The van der Waals surface area contributed by atoms with Gasteiger partial charge < -0.3 is 15.5 Å². The molecule has 2 N–H and O–H groups in total. The van der Waals surface area contributed by atoms with Crippen LogP contribution < -0.4 is 10.6 Å². The van der Waals surface area contributed by atoms with Gasteiger partial charge in [-0.1, -0.05) is 17.4 Å². The molecule has 0 unspecified atom stereocenters. The third-order valence-electron chi connectivity index (χ3n) is 3.79. The first-order valence-electron chi connectivity index (χ1n) is 8.20. The number of nitrogens with zero attached hydrogens (tertiary/aromatic N) is 3. The van der Waals surface area contributed by atoms with E-state index in [1.54, 1.807) is 24.3 Å². The summed E-state index contributed by atoms with van der Waals surface area (Å²) in [5, 5.41) is 14.9. The van der Waals surface area contributed by atoms with Crippen LogP contribution in [0.3, 0.4) is 0 Å². The molecule has 25 heavy (non-hydrogen) atoms. The maximum absolute atomic E-state index is 12.3. The average molecular weight is 359 g/mol. The van der Waals surface area contributed by atoms with E-state index in [-0.39, 0.29) is 11.8 Å². The summed E-state index contributed by atoms with van der Waals surface area (Å²) < 4.78 is 0. The van der Waals surface area contributed by atoms with E-state index in [0.717, 1.165) is 24.4 Å². The van der Waals surface area contributed by atoms with Gasteiger partial charge in [0.25, 0.3) is 11.8 Å². The number of hydrogen-bond donors (Lipinski definition) is 2. The lowest BCUT2D eigenvalue weighted by molar-refractivity contribution is 0.0949. The van der Waals surface area contributed by atoms with Crippen LogP contribution in [-0.2, 0) is 0 Å². The summed E-state index contributed by atoms with van der Waals surface area (Å²) in [7, 11) is 3.90. The van der Waals surface area contributed by atoms with E-state index >= 15 is 0 Å². The van der Waals surface area contributed by atoms with Crippen LogP contribution in [0, 0.1) is 0 Å². The fourth-order valence-electron chi connectivity index (χ4n) is 2.24. The number of anilines is 1. The molecule has 1 aromatic heterocycles. The van der Waals surface area contributed by atoms with Crippen molar-refractivity contribution in [3.8, 4) is 0 Å². The molecule has 8 heteroatoms. The van der Waals surface area contributed by atoms with Gasteiger partial charge in [-0.05, 0) is 45.1 Å². The highest BCUT2D eigenvalue weighted by molar-refractivity contribution is 7.13. The number of amides is 2. The minimum absolute atomic E-state index is 0.162. The number of likely N-dealkylation sites (N-methyl/N-ethyl adjacent to an activating group) is 1. The number of rotatable bonds is 7. The second kappa shape index (κ2) is 7.71. The van der Waals surface area contributed by atoms with Crippen molar-refractivity contribution in [3.05, 3.63) is 39.8 Å². The zero-order valence-electron chi connectivity index (χ0n) is 14.3. The predicted molar refractivity (Wildman–Crippen MR) is 97.2 cm³/mol. The molecule has 0 atom stereocenters. The van der Waals surface area contributed by atoms with Gasteiger partial charge in [0.2, 0.25) is 5.01 Å². The van der Waals surface area contributed by atoms with Crippen LogP contribution in [-0.4, -0.2) is 54.1 Å². The van der Waals surface area contributed by atoms with E-state index in [1.807, 2.05) is 19.0 Å². The number of aromatic nitrogens is 2. The molecule has 2 aromatic rings. The van der Waals surface area contributed by atoms with Gasteiger partial charge in [0.05, 0.1) is 0 Å². The molecule has 1 heterocycles. The molecule has 1 aliphatic rings. The minimum atomic E-state index is -0.297. The van der Waals surface area contributed by atoms with Crippen molar-refractivity contribution in [1.29, 1.82) is 0 Å². The lowest BCUT2D eigenvalue weighted by atomic mass is 10.2. The molecule has 2 amide bonds. The second-order valence-electron chi connectivity index (χ2n) is 6.31. The number of hydrogen-bond acceptors (Lipinski definition) is 6. The standard InChI is InChI=1S/C17H21N5O2S/c1-22(2)9-8-18-14(23)12-4-3-5-13(10-12)19-15(24)17-21-20-16(25-17)11-6-7-11/h3-5,10-11H,6-9H2,1-2H3,(H,18,23)(H,19,24). The van der Waals surface area contributed by atoms with Crippen molar-refractivity contribution in [3.63, 3.8) is 0 Å². The molecule has 0 saturated heterocycles. The van der Waals surface area contributed by atoms with Crippen LogP contribution in [0.5, 0.6) is 0 Å². The number of nitrogens with one attached hydrogen (secondary N) is 2. The van der Waals surface area contributed by atoms with Gasteiger partial charge in [0, 0.05) is 30.3 Å². The van der Waals surface area contributed by atoms with Gasteiger partial charge in [0.15, 0.2) is 0 Å². The summed E-state index contributed by atoms with van der Waals surface area (Å²) in [5.41, 5.74) is 1.07. The topological polar surface area (TPSA) is 87.2 Å². The largest absolute Gasteiger partial charge is 0.351 e. The van der Waals surface area contributed by atoms with Crippen LogP contribution >= 0.6 is 11.3 Å². The molecular formula is C17H21N5O2S. The molecule has 1 aromatic carbocycles. The molecule has 7 nitrogen and oxygen atoms in total. The fourth-order valence-corrected chi connectivity index (χ4v) is 3.15. The van der Waals surface area contributed by atoms with Crippen molar-refractivity contribution in [2.75, 3.05) is 32.5 Å². The van der Waals surface area contributed by atoms with Crippen LogP contribution in [0.4, 0.5) is 5.69 Å². The van der Waals surface area contributed by atoms with Crippen molar-refractivity contribution < 1.29 is 9.59 Å². The summed E-state index contributed by atoms with van der Waals surface area (Å²) in [4.78, 5) is 26.4. The summed E-state index contributed by atoms with van der Waals surface area (Å²) in [6, 6.07) is 6.87. The molecule has 1 saturated carbocycles. The lowest BCUT2D eigenvalue weighted by Crippen LogP contribution is -2.31. The van der Waals surface area contributed by atoms with Crippen LogP contribution in [0.2, 0.25) is 0 Å². The average Bonchev–Trinajstić information content (AvgIpc) is 3.31. The van der Waals surface area contributed by atoms with Crippen molar-refractivity contribution in [2.45, 2.75) is 18.8 Å². The Labute approximate surface area is 150 Å². The molecule has 0 radical (unpaired) electrons. The Balaban J connectivity index is 1.60. The quantitative estimate of drug-likeness (QED) is 0.789. The van der Waals surface area contributed by atoms with Gasteiger partial charge in [0.1, 0.15) is 5.01 Å². The van der Waals surface area contributed by atoms with Gasteiger partial charge >= 0.3 is 0 Å². The Morgan fingerprint density at radius 3 is 2.76 bits per heavy atom. The number of carbonyl (C=O) groups is 2. The smallest absolute Gasteiger partial charge is 0.286 e. The highest BCUT2D eigenvalue weighted by Crippen LogP contribution is 2.41. The Morgan fingerprint density at radius 2 is 2.04 bits per heavy atom. The Morgan fingerprint density at radius 1 is 1.24 bits per heavy atom. The van der Waals surface area contributed by atoms with E-state index in [9.17, 15) is 9.59 Å². The van der Waals surface area contributed by atoms with Crippen LogP contribution in [0.25, 0.3) is 0 Å². The SMILES string of the molecule is CN(C)CCNC(=O)c1cccc(NC(=O)c2nnc(C3CC3)s2)c1. The fraction of sp³-hybridized carbons (Fsp3) is 0.412. The van der Waals surface area contributed by atoms with Crippen molar-refractivity contribution >= 4 is 28.8 Å². The van der Waals surface area contributed by atoms with Gasteiger partial charge in [-0.15, -0.1) is 10.2 Å². The Hall–Kier alpha value is -2.32. The third-order valence-corrected chi connectivity index (χ3v) is 4.87. The molecule has 3 rings (SSSR count). The first-order chi connectivity index (χ1) is 12.0. The molecule has 0 bridgehead atoms. The highest BCUT2D eigenvalue weighted by Gasteiger charge is 2.28. The minimum Gasteiger partial charge on any atom is -0.351 e. The first-order valence-corrected chi connectivity index (χ1v) is 9.02. The summed E-state index contributed by atoms with van der Waals surface area (Å²) in [6.07, 6.45) is 2.25. The molecule has 0 spiro atoms. The van der Waals surface area contributed by atoms with E-state index in [1.165, 1.54) is 11.3 Å². The Bertz CT molecular complexity index is 770. The third kappa shape index (κ3) is 4.83. The normalized spacial score (nSPS) is 13.7. The molecule has 1 fully saturated rings. The van der Waals surface area contributed by atoms with E-state index in [0.29, 0.717) is 28.7 Å². The van der Waals surface area contributed by atoms with Gasteiger partial charge in [-0.2, -0.15) is 0 Å². The summed E-state index contributed by atoms with van der Waals surface area (Å²) >= 11 is 1.34. The van der Waals surface area contributed by atoms with Crippen LogP contribution in [0.15, 0.2) is 24.3 Å². The second-order valence-corrected chi connectivity index (χ2v) is 7.32. The highest BCUT2D eigenvalue weighted by atomic mass is 32.1. The number of carbonyl (C=O) groups excluding carboxylic acids is 2. The van der Waals surface area contributed by atoms with E-state index < -0.39 is 0 Å². The first kappa shape index (κ1) is 17.5. The maximum Gasteiger partial charge on any atom is 0.286 e. The molecule has 0 aliphatic heterocycles. The van der Waals surface area contributed by atoms with E-state index in [4.69, 9.17) is 0 Å². The van der Waals surface area contributed by atoms with Crippen molar-refractivity contribution in [2.24, 2.45) is 0 Å². The molecular weight excluding hydrogens is 338 g/mol. The van der Waals surface area contributed by atoms with E-state index in [2.05, 4.69) is 20.8 Å². The summed E-state index contributed by atoms with van der Waals surface area (Å²) in [5.74, 6) is 0.0210. The zero-order chi connectivity index (χ0) is 17.8. The van der Waals surface area contributed by atoms with Crippen molar-refractivity contribution in [1.82, 2.24) is 20.4 Å². The van der Waals surface area contributed by atoms with Gasteiger partial charge in [-0.25, -0.2) is 0 Å². The predicted octanol–water partition coefficient (Wildman–Crippen LogP) is 1.96. The van der Waals surface area contributed by atoms with Gasteiger partial charge in [-0.3, -0.25) is 9.59 Å². The molecule has 1 aliphatic carbocycles. The molecule has 132 valence electrons. The van der Waals surface area contributed by atoms with Crippen LogP contribution in [0.1, 0.15) is 43.9 Å². The lowest BCUT2D eigenvalue weighted by Gasteiger charge is -2.11. The monoisotopic (exact) mass is 359 g/mol.